The van der Waals surface area contributed by atoms with E-state index in [0.717, 1.165) is 0 Å². The molecule has 2 amide bonds. The molecule has 1 saturated heterocycles. The second-order valence-corrected chi connectivity index (χ2v) is 10.9. The molecule has 12 heteroatoms. The van der Waals surface area contributed by atoms with E-state index in [-0.39, 0.29) is 65.3 Å². The van der Waals surface area contributed by atoms with E-state index >= 15 is 0 Å². The fourth-order valence-electron chi connectivity index (χ4n) is 4.70. The van der Waals surface area contributed by atoms with Gasteiger partial charge in [-0.15, -0.1) is 0 Å². The maximum Gasteiger partial charge on any atom is 0.264 e. The third-order valence-electron chi connectivity index (χ3n) is 6.85. The zero-order valence-corrected chi connectivity index (χ0v) is 23.2. The lowest BCUT2D eigenvalue weighted by Crippen LogP contribution is -2.50. The summed E-state index contributed by atoms with van der Waals surface area (Å²) in [6, 6.07) is 17.2. The zero-order chi connectivity index (χ0) is 29.1. The summed E-state index contributed by atoms with van der Waals surface area (Å²) in [6.45, 7) is 0.909. The molecule has 1 aromatic heterocycles. The maximum absolute atomic E-state index is 14.6. The summed E-state index contributed by atoms with van der Waals surface area (Å²) in [4.78, 5) is 33.4. The molecule has 0 atom stereocenters. The number of ether oxygens (including phenoxy) is 2. The SMILES string of the molecule is COc1cc(C(=O)N2CCN(C(=O)c3cccc(OC)c3F)CC2)ccc1NS(=O)(=O)c1cccc2cccnc12. The van der Waals surface area contributed by atoms with E-state index in [1.807, 2.05) is 0 Å². The highest BCUT2D eigenvalue weighted by molar-refractivity contribution is 7.93. The first-order valence-corrected chi connectivity index (χ1v) is 14.2. The van der Waals surface area contributed by atoms with E-state index in [1.54, 1.807) is 35.2 Å². The van der Waals surface area contributed by atoms with Gasteiger partial charge in [0.1, 0.15) is 10.6 Å². The first kappa shape index (κ1) is 27.8. The summed E-state index contributed by atoms with van der Waals surface area (Å²) < 4.78 is 54.0. The molecule has 0 saturated carbocycles. The van der Waals surface area contributed by atoms with Crippen LogP contribution in [0, 0.1) is 5.82 Å². The molecule has 2 heterocycles. The van der Waals surface area contributed by atoms with Gasteiger partial charge in [0, 0.05) is 43.3 Å². The molecule has 0 bridgehead atoms. The van der Waals surface area contributed by atoms with Crippen molar-refractivity contribution in [3.05, 3.63) is 89.9 Å². The maximum atomic E-state index is 14.6. The number of benzene rings is 3. The molecule has 0 aliphatic carbocycles. The number of methoxy groups -OCH3 is 2. The number of halogens is 1. The summed E-state index contributed by atoms with van der Waals surface area (Å²) in [7, 11) is -1.32. The van der Waals surface area contributed by atoms with Crippen LogP contribution in [0.3, 0.4) is 0 Å². The van der Waals surface area contributed by atoms with Crippen molar-refractivity contribution in [2.45, 2.75) is 4.90 Å². The third kappa shape index (κ3) is 5.50. The van der Waals surface area contributed by atoms with E-state index in [1.165, 1.54) is 61.7 Å². The Bertz CT molecular complexity index is 1730. The summed E-state index contributed by atoms with van der Waals surface area (Å²) in [5.74, 6) is -1.37. The first-order chi connectivity index (χ1) is 19.7. The summed E-state index contributed by atoms with van der Waals surface area (Å²) in [5, 5.41) is 0.679. The van der Waals surface area contributed by atoms with Gasteiger partial charge in [-0.25, -0.2) is 12.8 Å². The monoisotopic (exact) mass is 578 g/mol. The molecular weight excluding hydrogens is 551 g/mol. The number of piperazine rings is 1. The van der Waals surface area contributed by atoms with Gasteiger partial charge in [-0.05, 0) is 42.5 Å². The minimum Gasteiger partial charge on any atom is -0.495 e. The number of aromatic nitrogens is 1. The van der Waals surface area contributed by atoms with Gasteiger partial charge in [-0.2, -0.15) is 0 Å². The quantitative estimate of drug-likeness (QED) is 0.355. The fraction of sp³-hybridized carbons (Fsp3) is 0.207. The van der Waals surface area contributed by atoms with Crippen molar-refractivity contribution in [1.82, 2.24) is 14.8 Å². The number of sulfonamides is 1. The number of para-hydroxylation sites is 1. The minimum atomic E-state index is -4.03. The number of hydrogen-bond acceptors (Lipinski definition) is 7. The van der Waals surface area contributed by atoms with E-state index < -0.39 is 21.7 Å². The van der Waals surface area contributed by atoms with Crippen molar-refractivity contribution >= 4 is 38.4 Å². The molecular formula is C29H27FN4O6S. The molecule has 0 radical (unpaired) electrons. The number of nitrogens with zero attached hydrogens (tertiary/aromatic N) is 3. The number of nitrogens with one attached hydrogen (secondary N) is 1. The average Bonchev–Trinajstić information content (AvgIpc) is 3.00. The molecule has 1 aliphatic rings. The molecule has 1 fully saturated rings. The van der Waals surface area contributed by atoms with Crippen LogP contribution >= 0.6 is 0 Å². The van der Waals surface area contributed by atoms with E-state index in [0.29, 0.717) is 10.9 Å². The second-order valence-electron chi connectivity index (χ2n) is 9.26. The van der Waals surface area contributed by atoms with Crippen LogP contribution in [-0.2, 0) is 10.0 Å². The third-order valence-corrected chi connectivity index (χ3v) is 8.24. The largest absolute Gasteiger partial charge is 0.495 e. The van der Waals surface area contributed by atoms with Gasteiger partial charge in [0.2, 0.25) is 0 Å². The van der Waals surface area contributed by atoms with Crippen molar-refractivity contribution in [2.24, 2.45) is 0 Å². The molecule has 4 aromatic rings. The lowest BCUT2D eigenvalue weighted by molar-refractivity contribution is 0.0532. The van der Waals surface area contributed by atoms with E-state index in [2.05, 4.69) is 9.71 Å². The molecule has 5 rings (SSSR count). The molecule has 212 valence electrons. The Hall–Kier alpha value is -4.71. The molecule has 0 spiro atoms. The standard InChI is InChI=1S/C29H27FN4O6S/c1-39-23-9-4-8-21(26(23)30)29(36)34-16-14-33(15-17-34)28(35)20-11-12-22(24(18-20)40-2)32-41(37,38)25-10-3-6-19-7-5-13-31-27(19)25/h3-13,18,32H,14-17H2,1-2H3. The smallest absolute Gasteiger partial charge is 0.264 e. The van der Waals surface area contributed by atoms with Gasteiger partial charge in [0.25, 0.3) is 21.8 Å². The lowest BCUT2D eigenvalue weighted by Gasteiger charge is -2.35. The summed E-state index contributed by atoms with van der Waals surface area (Å²) >= 11 is 0. The van der Waals surface area contributed by atoms with E-state index in [9.17, 15) is 22.4 Å². The van der Waals surface area contributed by atoms with Crippen LogP contribution in [0.2, 0.25) is 0 Å². The molecule has 3 aromatic carbocycles. The van der Waals surface area contributed by atoms with Crippen LogP contribution < -0.4 is 14.2 Å². The van der Waals surface area contributed by atoms with Gasteiger partial charge in [0.05, 0.1) is 31.0 Å². The highest BCUT2D eigenvalue weighted by Crippen LogP contribution is 2.30. The number of pyridine rings is 1. The summed E-state index contributed by atoms with van der Waals surface area (Å²) in [6.07, 6.45) is 1.52. The van der Waals surface area contributed by atoms with Crippen LogP contribution in [0.15, 0.2) is 77.8 Å². The summed E-state index contributed by atoms with van der Waals surface area (Å²) in [5.41, 5.74) is 0.689. The van der Waals surface area contributed by atoms with Crippen LogP contribution in [-0.4, -0.2) is 75.4 Å². The van der Waals surface area contributed by atoms with E-state index in [4.69, 9.17) is 9.47 Å². The minimum absolute atomic E-state index is 0.0130. The molecule has 1 aliphatic heterocycles. The predicted octanol–water partition coefficient (Wildman–Crippen LogP) is 3.79. The number of amides is 2. The number of hydrogen-bond donors (Lipinski definition) is 1. The number of rotatable bonds is 7. The van der Waals surface area contributed by atoms with Crippen molar-refractivity contribution in [3.8, 4) is 11.5 Å². The molecule has 1 N–H and O–H groups in total. The van der Waals surface area contributed by atoms with Crippen LogP contribution in [0.1, 0.15) is 20.7 Å². The molecule has 41 heavy (non-hydrogen) atoms. The van der Waals surface area contributed by atoms with Gasteiger partial charge in [-0.3, -0.25) is 19.3 Å². The van der Waals surface area contributed by atoms with Gasteiger partial charge < -0.3 is 19.3 Å². The Morgan fingerprint density at radius 2 is 1.51 bits per heavy atom. The van der Waals surface area contributed by atoms with Gasteiger partial charge in [-0.1, -0.05) is 24.3 Å². The predicted molar refractivity (Wildman–Crippen MR) is 150 cm³/mol. The van der Waals surface area contributed by atoms with Gasteiger partial charge >= 0.3 is 0 Å². The van der Waals surface area contributed by atoms with Crippen molar-refractivity contribution < 1.29 is 31.9 Å². The van der Waals surface area contributed by atoms with Crippen molar-refractivity contribution in [3.63, 3.8) is 0 Å². The first-order valence-electron chi connectivity index (χ1n) is 12.7. The lowest BCUT2D eigenvalue weighted by atomic mass is 10.1. The average molecular weight is 579 g/mol. The topological polar surface area (TPSA) is 118 Å². The Labute approximate surface area is 236 Å². The Morgan fingerprint density at radius 1 is 0.854 bits per heavy atom. The molecule has 10 nitrogen and oxygen atoms in total. The van der Waals surface area contributed by atoms with Crippen LogP contribution in [0.4, 0.5) is 10.1 Å². The normalized spacial score (nSPS) is 13.6. The fourth-order valence-corrected chi connectivity index (χ4v) is 5.95. The number of carbonyl (C=O) groups excluding carboxylic acids is 2. The van der Waals surface area contributed by atoms with Crippen LogP contribution in [0.25, 0.3) is 10.9 Å². The van der Waals surface area contributed by atoms with Crippen molar-refractivity contribution in [1.29, 1.82) is 0 Å². The second kappa shape index (κ2) is 11.4. The molecule has 0 unspecified atom stereocenters. The highest BCUT2D eigenvalue weighted by Gasteiger charge is 2.28. The Balaban J connectivity index is 1.29. The zero-order valence-electron chi connectivity index (χ0n) is 22.3. The Morgan fingerprint density at radius 3 is 2.22 bits per heavy atom. The highest BCUT2D eigenvalue weighted by atomic mass is 32.2. The Kier molecular flexibility index (Phi) is 7.75. The van der Waals surface area contributed by atoms with Crippen LogP contribution in [0.5, 0.6) is 11.5 Å². The number of fused-ring (bicyclic) bond motifs is 1. The number of anilines is 1. The number of carbonyl (C=O) groups is 2. The van der Waals surface area contributed by atoms with Gasteiger partial charge in [0.15, 0.2) is 11.6 Å². The van der Waals surface area contributed by atoms with Crippen molar-refractivity contribution in [2.75, 3.05) is 45.1 Å².